The lowest BCUT2D eigenvalue weighted by Gasteiger charge is -2.20. The fraction of sp³-hybridized carbons (Fsp3) is 0.308. The number of halogens is 1. The molecule has 1 aromatic rings. The van der Waals surface area contributed by atoms with Gasteiger partial charge in [-0.15, -0.1) is 0 Å². The zero-order valence-corrected chi connectivity index (χ0v) is 12.8. The van der Waals surface area contributed by atoms with Crippen LogP contribution in [0.15, 0.2) is 28.7 Å². The van der Waals surface area contributed by atoms with E-state index in [1.54, 1.807) is 0 Å². The largest absolute Gasteiger partial charge is 0.481 e. The molecule has 0 unspecified atom stereocenters. The molecule has 0 aliphatic carbocycles. The molecule has 7 nitrogen and oxygen atoms in total. The molecule has 2 amide bonds. The third-order valence-corrected chi connectivity index (χ3v) is 3.12. The van der Waals surface area contributed by atoms with E-state index in [1.807, 2.05) is 24.3 Å². The molecule has 0 bridgehead atoms. The number of aliphatic carboxylic acids is 2. The van der Waals surface area contributed by atoms with Gasteiger partial charge in [0.05, 0.1) is 6.42 Å². The predicted molar refractivity (Wildman–Crippen MR) is 77.8 cm³/mol. The molecule has 0 spiro atoms. The van der Waals surface area contributed by atoms with Crippen molar-refractivity contribution in [3.8, 4) is 0 Å². The van der Waals surface area contributed by atoms with Crippen molar-refractivity contribution < 1.29 is 24.6 Å². The number of benzene rings is 1. The van der Waals surface area contributed by atoms with Gasteiger partial charge in [-0.1, -0.05) is 28.1 Å². The third kappa shape index (κ3) is 5.82. The number of nitrogens with one attached hydrogen (secondary N) is 1. The van der Waals surface area contributed by atoms with Crippen LogP contribution in [-0.4, -0.2) is 46.2 Å². The number of carboxylic acid groups (broad SMARTS) is 2. The van der Waals surface area contributed by atoms with Gasteiger partial charge in [-0.25, -0.2) is 9.59 Å². The van der Waals surface area contributed by atoms with Gasteiger partial charge in [-0.2, -0.15) is 0 Å². The second-order valence-corrected chi connectivity index (χ2v) is 5.34. The maximum atomic E-state index is 11.9. The van der Waals surface area contributed by atoms with Gasteiger partial charge in [0.15, 0.2) is 0 Å². The molecule has 8 heteroatoms. The van der Waals surface area contributed by atoms with Gasteiger partial charge in [0, 0.05) is 18.1 Å². The molecule has 0 aliphatic heterocycles. The maximum Gasteiger partial charge on any atom is 0.326 e. The molecule has 0 aliphatic rings. The highest BCUT2D eigenvalue weighted by atomic mass is 79.9. The Morgan fingerprint density at radius 2 is 2.00 bits per heavy atom. The summed E-state index contributed by atoms with van der Waals surface area (Å²) < 4.78 is 0.864. The van der Waals surface area contributed by atoms with Gasteiger partial charge in [0.1, 0.15) is 6.04 Å². The Labute approximate surface area is 129 Å². The fourth-order valence-corrected chi connectivity index (χ4v) is 2.06. The van der Waals surface area contributed by atoms with Crippen molar-refractivity contribution in [3.63, 3.8) is 0 Å². The topological polar surface area (TPSA) is 107 Å². The third-order valence-electron chi connectivity index (χ3n) is 2.63. The summed E-state index contributed by atoms with van der Waals surface area (Å²) in [6, 6.07) is 5.20. The van der Waals surface area contributed by atoms with Gasteiger partial charge in [0.25, 0.3) is 0 Å². The van der Waals surface area contributed by atoms with Crippen LogP contribution in [0.25, 0.3) is 0 Å². The molecule has 114 valence electrons. The number of rotatable bonds is 6. The molecule has 1 rings (SSSR count). The summed E-state index contributed by atoms with van der Waals surface area (Å²) in [5, 5.41) is 19.7. The first-order chi connectivity index (χ1) is 9.79. The maximum absolute atomic E-state index is 11.9. The van der Waals surface area contributed by atoms with E-state index in [1.165, 1.54) is 11.9 Å². The van der Waals surface area contributed by atoms with Gasteiger partial charge in [0.2, 0.25) is 0 Å². The molecule has 0 saturated heterocycles. The van der Waals surface area contributed by atoms with E-state index >= 15 is 0 Å². The van der Waals surface area contributed by atoms with Gasteiger partial charge in [-0.3, -0.25) is 4.79 Å². The highest BCUT2D eigenvalue weighted by Gasteiger charge is 2.24. The highest BCUT2D eigenvalue weighted by molar-refractivity contribution is 9.10. The summed E-state index contributed by atoms with van der Waals surface area (Å²) in [7, 11) is 1.50. The number of urea groups is 1. The molecule has 1 aromatic carbocycles. The zero-order chi connectivity index (χ0) is 16.0. The Hall–Kier alpha value is -2.09. The van der Waals surface area contributed by atoms with Gasteiger partial charge < -0.3 is 20.4 Å². The minimum atomic E-state index is -1.46. The first-order valence-electron chi connectivity index (χ1n) is 6.00. The van der Waals surface area contributed by atoms with Crippen molar-refractivity contribution >= 4 is 33.9 Å². The molecule has 0 aromatic heterocycles. The molecule has 1 atom stereocenters. The predicted octanol–water partition coefficient (Wildman–Crippen LogP) is 1.52. The van der Waals surface area contributed by atoms with Crippen LogP contribution in [-0.2, 0) is 16.1 Å². The van der Waals surface area contributed by atoms with Crippen LogP contribution in [0.5, 0.6) is 0 Å². The zero-order valence-electron chi connectivity index (χ0n) is 11.2. The molecule has 21 heavy (non-hydrogen) atoms. The molecule has 3 N–H and O–H groups in total. The summed E-state index contributed by atoms with van der Waals surface area (Å²) in [5.74, 6) is -2.68. The average molecular weight is 359 g/mol. The molecular formula is C13H15BrN2O5. The summed E-state index contributed by atoms with van der Waals surface area (Å²) >= 11 is 3.31. The number of carboxylic acids is 2. The van der Waals surface area contributed by atoms with E-state index in [0.29, 0.717) is 0 Å². The first kappa shape index (κ1) is 17.0. The fourth-order valence-electron chi connectivity index (χ4n) is 1.61. The van der Waals surface area contributed by atoms with Crippen LogP contribution in [0.1, 0.15) is 12.0 Å². The molecule has 0 fully saturated rings. The quantitative estimate of drug-likeness (QED) is 0.714. The smallest absolute Gasteiger partial charge is 0.326 e. The highest BCUT2D eigenvalue weighted by Crippen LogP contribution is 2.13. The Morgan fingerprint density at radius 1 is 1.33 bits per heavy atom. The SMILES string of the molecule is CN(Cc1cccc(Br)c1)C(=O)N[C@@H](CC(=O)O)C(=O)O. The number of hydrogen-bond donors (Lipinski definition) is 3. The van der Waals surface area contributed by atoms with Crippen LogP contribution < -0.4 is 5.32 Å². The molecular weight excluding hydrogens is 344 g/mol. The summed E-state index contributed by atoms with van der Waals surface area (Å²) in [5.41, 5.74) is 0.854. The molecule has 0 heterocycles. The van der Waals surface area contributed by atoms with Crippen molar-refractivity contribution in [1.82, 2.24) is 10.2 Å². The van der Waals surface area contributed by atoms with Crippen LogP contribution in [0.4, 0.5) is 4.79 Å². The van der Waals surface area contributed by atoms with E-state index in [4.69, 9.17) is 10.2 Å². The van der Waals surface area contributed by atoms with E-state index in [0.717, 1.165) is 10.0 Å². The first-order valence-corrected chi connectivity index (χ1v) is 6.79. The number of hydrogen-bond acceptors (Lipinski definition) is 3. The average Bonchev–Trinajstić information content (AvgIpc) is 2.37. The van der Waals surface area contributed by atoms with Crippen molar-refractivity contribution in [2.45, 2.75) is 19.0 Å². The summed E-state index contributed by atoms with van der Waals surface area (Å²) in [6.45, 7) is 0.269. The summed E-state index contributed by atoms with van der Waals surface area (Å²) in [4.78, 5) is 34.6. The lowest BCUT2D eigenvalue weighted by Crippen LogP contribution is -2.47. The number of amides is 2. The van der Waals surface area contributed by atoms with E-state index in [9.17, 15) is 14.4 Å². The van der Waals surface area contributed by atoms with Crippen molar-refractivity contribution in [2.75, 3.05) is 7.05 Å². The van der Waals surface area contributed by atoms with E-state index in [-0.39, 0.29) is 6.54 Å². The van der Waals surface area contributed by atoms with Crippen molar-refractivity contribution in [3.05, 3.63) is 34.3 Å². The number of carbonyl (C=O) groups excluding carboxylic acids is 1. The normalized spacial score (nSPS) is 11.5. The van der Waals surface area contributed by atoms with Crippen LogP contribution in [0.3, 0.4) is 0 Å². The summed E-state index contributed by atoms with van der Waals surface area (Å²) in [6.07, 6.45) is -0.675. The van der Waals surface area contributed by atoms with Crippen LogP contribution in [0.2, 0.25) is 0 Å². The standard InChI is InChI=1S/C13H15BrN2O5/c1-16(7-8-3-2-4-9(14)5-8)13(21)15-10(12(19)20)6-11(17)18/h2-5,10H,6-7H2,1H3,(H,15,21)(H,17,18)(H,19,20)/t10-/m0/s1. The van der Waals surface area contributed by atoms with Gasteiger partial charge in [-0.05, 0) is 17.7 Å². The molecule has 0 radical (unpaired) electrons. The second kappa shape index (κ2) is 7.63. The lowest BCUT2D eigenvalue weighted by molar-refractivity contribution is -0.145. The Bertz CT molecular complexity index is 549. The van der Waals surface area contributed by atoms with Crippen LogP contribution >= 0.6 is 15.9 Å². The van der Waals surface area contributed by atoms with Crippen molar-refractivity contribution in [1.29, 1.82) is 0 Å². The Kier molecular flexibility index (Phi) is 6.16. The monoisotopic (exact) mass is 358 g/mol. The number of carbonyl (C=O) groups is 3. The Morgan fingerprint density at radius 3 is 2.52 bits per heavy atom. The minimum Gasteiger partial charge on any atom is -0.481 e. The van der Waals surface area contributed by atoms with Crippen molar-refractivity contribution in [2.24, 2.45) is 0 Å². The lowest BCUT2D eigenvalue weighted by atomic mass is 10.2. The van der Waals surface area contributed by atoms with Crippen LogP contribution in [0, 0.1) is 0 Å². The Balaban J connectivity index is 2.64. The molecule has 0 saturated carbocycles. The van der Waals surface area contributed by atoms with Gasteiger partial charge >= 0.3 is 18.0 Å². The van der Waals surface area contributed by atoms with E-state index in [2.05, 4.69) is 21.2 Å². The minimum absolute atomic E-state index is 0.269. The van der Waals surface area contributed by atoms with E-state index < -0.39 is 30.4 Å². The second-order valence-electron chi connectivity index (χ2n) is 4.42. The number of nitrogens with zero attached hydrogens (tertiary/aromatic N) is 1.